The monoisotopic (exact) mass is 722 g/mol. The molecule has 2 aliphatic rings. The predicted octanol–water partition coefficient (Wildman–Crippen LogP) is 6.38. The average Bonchev–Trinajstić information content (AvgIpc) is 3.98. The molecule has 0 aliphatic carbocycles. The van der Waals surface area contributed by atoms with Gasteiger partial charge in [0.05, 0.1) is 22.8 Å². The minimum Gasteiger partial charge on any atom is -0.412 e. The molecule has 0 spiro atoms. The van der Waals surface area contributed by atoms with Crippen molar-refractivity contribution in [2.75, 3.05) is 0 Å². The largest absolute Gasteiger partial charge is 0.412 e. The van der Waals surface area contributed by atoms with Crippen LogP contribution in [0.3, 0.4) is 0 Å². The number of aromatic amines is 2. The van der Waals surface area contributed by atoms with Gasteiger partial charge in [-0.2, -0.15) is 0 Å². The summed E-state index contributed by atoms with van der Waals surface area (Å²) in [5.41, 5.74) is 16.2. The van der Waals surface area contributed by atoms with Gasteiger partial charge in [-0.05, 0) is 70.8 Å². The van der Waals surface area contributed by atoms with E-state index in [0.717, 1.165) is 89.4 Å². The number of aromatic nitrogens is 4. The van der Waals surface area contributed by atoms with E-state index in [2.05, 4.69) is 156 Å². The number of hydrogen-bond acceptors (Lipinski definition) is 2. The number of nitrogens with zero attached hydrogens (tertiary/aromatic N) is 2. The van der Waals surface area contributed by atoms with Crippen molar-refractivity contribution in [1.82, 2.24) is 19.9 Å². The Morgan fingerprint density at radius 2 is 0.463 bits per heavy atom. The molecule has 2 aliphatic heterocycles. The Bertz CT molecular complexity index is 2200. The first-order valence-corrected chi connectivity index (χ1v) is 16.2. The van der Waals surface area contributed by atoms with E-state index in [1.54, 1.807) is 0 Å². The fourth-order valence-electron chi connectivity index (χ4n) is 6.84. The molecular weight excluding hydrogens is 681 g/mol. The zero-order valence-electron chi connectivity index (χ0n) is 29.1. The van der Waals surface area contributed by atoms with E-state index in [4.69, 9.17) is 9.97 Å². The Morgan fingerprint density at radius 3 is 0.667 bits per heavy atom. The molecule has 10 heteroatoms. The first kappa shape index (κ1) is 41.7. The molecule has 274 valence electrons. The van der Waals surface area contributed by atoms with Crippen molar-refractivity contribution < 1.29 is 32.9 Å². The van der Waals surface area contributed by atoms with Crippen LogP contribution in [-0.2, 0) is 0 Å². The smallest absolute Gasteiger partial charge is 0.0737 e. The summed E-state index contributed by atoms with van der Waals surface area (Å²) in [5.74, 6) is 0. The van der Waals surface area contributed by atoms with E-state index in [1.807, 2.05) is 24.3 Å². The summed E-state index contributed by atoms with van der Waals surface area (Å²) in [6.45, 7) is 0. The maximum Gasteiger partial charge on any atom is 0.0737 e. The molecular formula is C44H42N4O6. The molecule has 0 saturated carbocycles. The van der Waals surface area contributed by atoms with Crippen molar-refractivity contribution in [3.05, 3.63) is 168 Å². The third-order valence-corrected chi connectivity index (χ3v) is 9.00. The van der Waals surface area contributed by atoms with Gasteiger partial charge in [-0.3, -0.25) is 0 Å². The number of benzene rings is 4. The summed E-state index contributed by atoms with van der Waals surface area (Å²) in [7, 11) is 0. The van der Waals surface area contributed by atoms with Crippen LogP contribution < -0.4 is 0 Å². The molecule has 0 radical (unpaired) electrons. The van der Waals surface area contributed by atoms with Gasteiger partial charge >= 0.3 is 0 Å². The van der Waals surface area contributed by atoms with E-state index < -0.39 is 0 Å². The van der Waals surface area contributed by atoms with Crippen LogP contribution in [-0.4, -0.2) is 52.8 Å². The molecule has 0 saturated heterocycles. The van der Waals surface area contributed by atoms with Gasteiger partial charge in [-0.25, -0.2) is 9.97 Å². The van der Waals surface area contributed by atoms with Crippen LogP contribution in [0, 0.1) is 0 Å². The Balaban J connectivity index is 0.00000131. The number of nitrogens with one attached hydrogen (secondary N) is 2. The lowest BCUT2D eigenvalue weighted by atomic mass is 10.0. The van der Waals surface area contributed by atoms with E-state index in [0.29, 0.717) is 0 Å². The maximum atomic E-state index is 5.35. The van der Waals surface area contributed by atoms with Crippen LogP contribution in [0.1, 0.15) is 22.8 Å². The topological polar surface area (TPSA) is 246 Å². The van der Waals surface area contributed by atoms with Crippen molar-refractivity contribution in [2.45, 2.75) is 0 Å². The highest BCUT2D eigenvalue weighted by molar-refractivity contribution is 5.99. The van der Waals surface area contributed by atoms with Crippen LogP contribution in [0.5, 0.6) is 0 Å². The Morgan fingerprint density at radius 1 is 0.259 bits per heavy atom. The zero-order valence-corrected chi connectivity index (χ0v) is 29.1. The van der Waals surface area contributed by atoms with Crippen molar-refractivity contribution in [2.24, 2.45) is 0 Å². The quantitative estimate of drug-likeness (QED) is 0.210. The second kappa shape index (κ2) is 17.6. The van der Waals surface area contributed by atoms with Crippen molar-refractivity contribution >= 4 is 46.4 Å². The lowest BCUT2D eigenvalue weighted by molar-refractivity contribution is 0.823. The standard InChI is InChI=1S/C44H30N4.6H2O/c1-5-13-29(14-6-1)41-33-21-23-35(45-33)42(30-15-7-2-8-16-30)37-25-27-39(47-37)44(32-19-11-4-12-20-32)40-28-26-38(48-40)43(31-17-9-3-10-18-31)36-24-22-34(41)46-36;;;;;;/h1-28,45,48H;6*1H2. The molecule has 4 aromatic carbocycles. The van der Waals surface area contributed by atoms with E-state index in [9.17, 15) is 0 Å². The fourth-order valence-corrected chi connectivity index (χ4v) is 6.84. The Labute approximate surface area is 311 Å². The number of rotatable bonds is 4. The summed E-state index contributed by atoms with van der Waals surface area (Å²) in [4.78, 5) is 18.3. The van der Waals surface area contributed by atoms with E-state index in [-0.39, 0.29) is 32.9 Å². The first-order chi connectivity index (χ1) is 23.8. The molecule has 10 nitrogen and oxygen atoms in total. The van der Waals surface area contributed by atoms with Crippen molar-refractivity contribution in [3.8, 4) is 44.5 Å². The summed E-state index contributed by atoms with van der Waals surface area (Å²) in [6.07, 6.45) is 8.54. The lowest BCUT2D eigenvalue weighted by Crippen LogP contribution is -1.89. The molecule has 54 heavy (non-hydrogen) atoms. The molecule has 0 fully saturated rings. The highest BCUT2D eigenvalue weighted by atomic mass is 16.0. The van der Waals surface area contributed by atoms with E-state index in [1.165, 1.54) is 0 Å². The summed E-state index contributed by atoms with van der Waals surface area (Å²) in [6, 6.07) is 50.7. The van der Waals surface area contributed by atoms with E-state index >= 15 is 0 Å². The summed E-state index contributed by atoms with van der Waals surface area (Å²) < 4.78 is 0. The average molecular weight is 723 g/mol. The van der Waals surface area contributed by atoms with Crippen molar-refractivity contribution in [1.29, 1.82) is 0 Å². The summed E-state index contributed by atoms with van der Waals surface area (Å²) >= 11 is 0. The molecule has 8 bridgehead atoms. The van der Waals surface area contributed by atoms with Crippen molar-refractivity contribution in [3.63, 3.8) is 0 Å². The SMILES string of the molecule is C1=Cc2nc1c(-c1ccccc1)c1ccc([nH]1)c(-c1ccccc1)c1nc(c(-c3ccccc3)c3ccc([nH]3)c2-c2ccccc2)C=C1.O.O.O.O.O.O. The molecule has 9 rings (SSSR count). The van der Waals surface area contributed by atoms with Gasteiger partial charge in [0.15, 0.2) is 0 Å². The predicted molar refractivity (Wildman–Crippen MR) is 222 cm³/mol. The number of fused-ring (bicyclic) bond motifs is 8. The minimum atomic E-state index is 0. The third kappa shape index (κ3) is 7.42. The van der Waals surface area contributed by atoms with Gasteiger partial charge in [0.25, 0.3) is 0 Å². The van der Waals surface area contributed by atoms with Gasteiger partial charge in [-0.15, -0.1) is 0 Å². The highest BCUT2D eigenvalue weighted by Crippen LogP contribution is 2.38. The Kier molecular flexibility index (Phi) is 13.6. The van der Waals surface area contributed by atoms with Crippen LogP contribution in [0.4, 0.5) is 0 Å². The second-order valence-corrected chi connectivity index (χ2v) is 12.0. The van der Waals surface area contributed by atoms with Gasteiger partial charge in [0.2, 0.25) is 0 Å². The minimum absolute atomic E-state index is 0. The number of hydrogen-bond donors (Lipinski definition) is 2. The lowest BCUT2D eigenvalue weighted by Gasteiger charge is -2.07. The number of H-pyrrole nitrogens is 2. The molecule has 7 aromatic rings. The first-order valence-electron chi connectivity index (χ1n) is 16.2. The highest BCUT2D eigenvalue weighted by Gasteiger charge is 2.18. The van der Waals surface area contributed by atoms with Gasteiger partial charge in [-0.1, -0.05) is 121 Å². The molecule has 5 heterocycles. The van der Waals surface area contributed by atoms with Gasteiger partial charge < -0.3 is 42.8 Å². The van der Waals surface area contributed by atoms with Crippen LogP contribution in [0.15, 0.2) is 146 Å². The second-order valence-electron chi connectivity index (χ2n) is 12.0. The molecule has 0 atom stereocenters. The zero-order chi connectivity index (χ0) is 31.9. The van der Waals surface area contributed by atoms with Crippen LogP contribution in [0.2, 0.25) is 0 Å². The maximum absolute atomic E-state index is 5.35. The molecule has 0 unspecified atom stereocenters. The normalized spacial score (nSPS) is 10.7. The van der Waals surface area contributed by atoms with Gasteiger partial charge in [0, 0.05) is 44.3 Å². The molecule has 3 aromatic heterocycles. The molecule has 14 N–H and O–H groups in total. The third-order valence-electron chi connectivity index (χ3n) is 9.00. The summed E-state index contributed by atoms with van der Waals surface area (Å²) in [5, 5.41) is 0. The molecule has 0 amide bonds. The Hall–Kier alpha value is -6.76. The van der Waals surface area contributed by atoms with Gasteiger partial charge in [0.1, 0.15) is 0 Å². The van der Waals surface area contributed by atoms with Crippen LogP contribution >= 0.6 is 0 Å². The van der Waals surface area contributed by atoms with Crippen LogP contribution in [0.25, 0.3) is 90.9 Å². The fraction of sp³-hybridized carbons (Fsp3) is 0.